The van der Waals surface area contributed by atoms with Crippen LogP contribution >= 0.6 is 27.3 Å². The summed E-state index contributed by atoms with van der Waals surface area (Å²) in [6.45, 7) is 5.08. The molecule has 0 aromatic carbocycles. The van der Waals surface area contributed by atoms with Crippen LogP contribution in [-0.2, 0) is 6.54 Å². The molecule has 2 aromatic rings. The molecule has 0 aliphatic rings. The zero-order valence-corrected chi connectivity index (χ0v) is 12.1. The lowest BCUT2D eigenvalue weighted by Gasteiger charge is -2.03. The molecule has 0 aliphatic carbocycles. The van der Waals surface area contributed by atoms with Crippen LogP contribution in [0, 0.1) is 5.92 Å². The maximum Gasteiger partial charge on any atom is 0.153 e. The standard InChI is InChI=1S/C12H13BrN2OS/c1-8(2)5-15-6-9(7-16)12(14-15)10-3-4-11(13)17-10/h3-4,6-8H,5H2,1-2H3. The van der Waals surface area contributed by atoms with Crippen molar-refractivity contribution in [1.29, 1.82) is 0 Å². The number of halogens is 1. The Labute approximate surface area is 113 Å². The van der Waals surface area contributed by atoms with Crippen molar-refractivity contribution in [3.8, 4) is 10.6 Å². The molecule has 0 saturated carbocycles. The van der Waals surface area contributed by atoms with Crippen molar-refractivity contribution in [2.24, 2.45) is 5.92 Å². The second-order valence-corrected chi connectivity index (χ2v) is 6.73. The maximum absolute atomic E-state index is 11.0. The number of hydrogen-bond donors (Lipinski definition) is 0. The molecule has 5 heteroatoms. The van der Waals surface area contributed by atoms with Crippen LogP contribution in [0.4, 0.5) is 0 Å². The SMILES string of the molecule is CC(C)Cn1cc(C=O)c(-c2ccc(Br)s2)n1. The summed E-state index contributed by atoms with van der Waals surface area (Å²) in [5.74, 6) is 0.511. The van der Waals surface area contributed by atoms with Gasteiger partial charge in [0.2, 0.25) is 0 Å². The van der Waals surface area contributed by atoms with Crippen LogP contribution in [0.3, 0.4) is 0 Å². The second kappa shape index (κ2) is 5.14. The molecule has 0 spiro atoms. The molecule has 3 nitrogen and oxygen atoms in total. The lowest BCUT2D eigenvalue weighted by molar-refractivity contribution is 0.112. The summed E-state index contributed by atoms with van der Waals surface area (Å²) in [6.07, 6.45) is 2.68. The zero-order chi connectivity index (χ0) is 12.4. The van der Waals surface area contributed by atoms with E-state index in [9.17, 15) is 4.79 Å². The largest absolute Gasteiger partial charge is 0.298 e. The summed E-state index contributed by atoms with van der Waals surface area (Å²) in [5, 5.41) is 4.48. The van der Waals surface area contributed by atoms with Gasteiger partial charge in [-0.15, -0.1) is 11.3 Å². The quantitative estimate of drug-likeness (QED) is 0.804. The minimum Gasteiger partial charge on any atom is -0.298 e. The zero-order valence-electron chi connectivity index (χ0n) is 9.68. The van der Waals surface area contributed by atoms with Crippen LogP contribution in [0.15, 0.2) is 22.1 Å². The fourth-order valence-electron chi connectivity index (χ4n) is 1.62. The van der Waals surface area contributed by atoms with Crippen LogP contribution in [0.25, 0.3) is 10.6 Å². The average Bonchev–Trinajstić information content (AvgIpc) is 2.83. The summed E-state index contributed by atoms with van der Waals surface area (Å²) in [7, 11) is 0. The molecular weight excluding hydrogens is 300 g/mol. The number of hydrogen-bond acceptors (Lipinski definition) is 3. The van der Waals surface area contributed by atoms with Gasteiger partial charge in [-0.2, -0.15) is 5.10 Å². The Morgan fingerprint density at radius 3 is 2.82 bits per heavy atom. The molecule has 0 atom stereocenters. The fourth-order valence-corrected chi connectivity index (χ4v) is 3.02. The normalized spacial score (nSPS) is 11.1. The molecule has 17 heavy (non-hydrogen) atoms. The summed E-state index contributed by atoms with van der Waals surface area (Å²) in [5.41, 5.74) is 1.43. The van der Waals surface area contributed by atoms with Crippen molar-refractivity contribution in [2.75, 3.05) is 0 Å². The molecule has 0 radical (unpaired) electrons. The van der Waals surface area contributed by atoms with Crippen molar-refractivity contribution < 1.29 is 4.79 Å². The van der Waals surface area contributed by atoms with Gasteiger partial charge in [-0.05, 0) is 34.0 Å². The number of nitrogens with zero attached hydrogens (tertiary/aromatic N) is 2. The van der Waals surface area contributed by atoms with E-state index in [1.807, 2.05) is 23.0 Å². The average molecular weight is 313 g/mol. The van der Waals surface area contributed by atoms with Gasteiger partial charge in [-0.25, -0.2) is 0 Å². The number of carbonyl (C=O) groups excluding carboxylic acids is 1. The predicted octanol–water partition coefficient (Wildman–Crippen LogP) is 3.84. The van der Waals surface area contributed by atoms with E-state index in [-0.39, 0.29) is 0 Å². The monoisotopic (exact) mass is 312 g/mol. The molecular formula is C12H13BrN2OS. The molecule has 0 aliphatic heterocycles. The van der Waals surface area contributed by atoms with Gasteiger partial charge in [-0.1, -0.05) is 13.8 Å². The molecule has 90 valence electrons. The van der Waals surface area contributed by atoms with Crippen molar-refractivity contribution in [3.05, 3.63) is 27.7 Å². The van der Waals surface area contributed by atoms with Crippen molar-refractivity contribution in [3.63, 3.8) is 0 Å². The summed E-state index contributed by atoms with van der Waals surface area (Å²) in [6, 6.07) is 3.94. The van der Waals surface area contributed by atoms with E-state index in [1.165, 1.54) is 0 Å². The van der Waals surface area contributed by atoms with Crippen LogP contribution in [0.5, 0.6) is 0 Å². The lowest BCUT2D eigenvalue weighted by Crippen LogP contribution is -2.04. The van der Waals surface area contributed by atoms with E-state index in [1.54, 1.807) is 11.3 Å². The van der Waals surface area contributed by atoms with Gasteiger partial charge in [-0.3, -0.25) is 9.48 Å². The molecule has 0 bridgehead atoms. The molecule has 0 amide bonds. The predicted molar refractivity (Wildman–Crippen MR) is 73.5 cm³/mol. The number of carbonyl (C=O) groups is 1. The summed E-state index contributed by atoms with van der Waals surface area (Å²) in [4.78, 5) is 12.1. The Morgan fingerprint density at radius 1 is 1.53 bits per heavy atom. The van der Waals surface area contributed by atoms with Crippen LogP contribution in [0.2, 0.25) is 0 Å². The first-order chi connectivity index (χ1) is 8.10. The van der Waals surface area contributed by atoms with Crippen molar-refractivity contribution in [2.45, 2.75) is 20.4 Å². The topological polar surface area (TPSA) is 34.9 Å². The summed E-state index contributed by atoms with van der Waals surface area (Å²) < 4.78 is 2.89. The highest BCUT2D eigenvalue weighted by atomic mass is 79.9. The van der Waals surface area contributed by atoms with E-state index >= 15 is 0 Å². The molecule has 0 N–H and O–H groups in total. The molecule has 0 fully saturated rings. The van der Waals surface area contributed by atoms with Gasteiger partial charge in [0.15, 0.2) is 6.29 Å². The second-order valence-electron chi connectivity index (χ2n) is 4.27. The number of aromatic nitrogens is 2. The van der Waals surface area contributed by atoms with Crippen LogP contribution in [0.1, 0.15) is 24.2 Å². The van der Waals surface area contributed by atoms with E-state index in [0.29, 0.717) is 11.5 Å². The third-order valence-corrected chi connectivity index (χ3v) is 3.91. The highest BCUT2D eigenvalue weighted by Gasteiger charge is 2.13. The maximum atomic E-state index is 11.0. The van der Waals surface area contributed by atoms with Gasteiger partial charge >= 0.3 is 0 Å². The Hall–Kier alpha value is -0.940. The third-order valence-electron chi connectivity index (χ3n) is 2.28. The first-order valence-corrected chi connectivity index (χ1v) is 6.99. The van der Waals surface area contributed by atoms with Crippen LogP contribution < -0.4 is 0 Å². The van der Waals surface area contributed by atoms with Crippen LogP contribution in [-0.4, -0.2) is 16.1 Å². The Balaban J connectivity index is 2.39. The van der Waals surface area contributed by atoms with Gasteiger partial charge < -0.3 is 0 Å². The Bertz CT molecular complexity index is 530. The van der Waals surface area contributed by atoms with E-state index < -0.39 is 0 Å². The van der Waals surface area contributed by atoms with Gasteiger partial charge in [0.1, 0.15) is 5.69 Å². The van der Waals surface area contributed by atoms with E-state index in [0.717, 1.165) is 27.2 Å². The third kappa shape index (κ3) is 2.84. The minimum atomic E-state index is 0.511. The molecule has 0 saturated heterocycles. The van der Waals surface area contributed by atoms with Crippen molar-refractivity contribution >= 4 is 33.6 Å². The van der Waals surface area contributed by atoms with Gasteiger partial charge in [0.25, 0.3) is 0 Å². The van der Waals surface area contributed by atoms with Gasteiger partial charge in [0, 0.05) is 12.7 Å². The molecule has 2 rings (SSSR count). The highest BCUT2D eigenvalue weighted by molar-refractivity contribution is 9.11. The smallest absolute Gasteiger partial charge is 0.153 e. The minimum absolute atomic E-state index is 0.511. The van der Waals surface area contributed by atoms with E-state index in [4.69, 9.17) is 0 Å². The lowest BCUT2D eigenvalue weighted by atomic mass is 10.2. The number of rotatable bonds is 4. The fraction of sp³-hybridized carbons (Fsp3) is 0.333. The first-order valence-electron chi connectivity index (χ1n) is 5.38. The molecule has 2 aromatic heterocycles. The van der Waals surface area contributed by atoms with Gasteiger partial charge in [0.05, 0.1) is 14.2 Å². The number of thiophene rings is 1. The molecule has 0 unspecified atom stereocenters. The van der Waals surface area contributed by atoms with Crippen molar-refractivity contribution in [1.82, 2.24) is 9.78 Å². The molecule has 2 heterocycles. The Morgan fingerprint density at radius 2 is 2.29 bits per heavy atom. The van der Waals surface area contributed by atoms with E-state index in [2.05, 4.69) is 34.9 Å². The number of aldehydes is 1. The summed E-state index contributed by atoms with van der Waals surface area (Å²) >= 11 is 5.00. The highest BCUT2D eigenvalue weighted by Crippen LogP contribution is 2.31. The Kier molecular flexibility index (Phi) is 3.79. The first kappa shape index (κ1) is 12.5.